The number of likely N-dealkylation sites (tertiary alicyclic amines) is 1. The first-order chi connectivity index (χ1) is 15.6. The second-order valence-corrected chi connectivity index (χ2v) is 8.64. The maximum absolute atomic E-state index is 14.6. The van der Waals surface area contributed by atoms with Crippen LogP contribution in [0.3, 0.4) is 0 Å². The highest BCUT2D eigenvalue weighted by Gasteiger charge is 2.28. The molecule has 1 unspecified atom stereocenters. The average molecular weight is 458 g/mol. The van der Waals surface area contributed by atoms with E-state index in [4.69, 9.17) is 10.5 Å². The summed E-state index contributed by atoms with van der Waals surface area (Å²) in [5.41, 5.74) is 6.67. The number of anilines is 4. The molecule has 0 aliphatic carbocycles. The molecule has 0 amide bonds. The van der Waals surface area contributed by atoms with E-state index in [0.29, 0.717) is 36.7 Å². The summed E-state index contributed by atoms with van der Waals surface area (Å²) in [5.74, 6) is 0.642. The largest absolute Gasteiger partial charge is 0.494 e. The van der Waals surface area contributed by atoms with Crippen LogP contribution >= 0.6 is 11.3 Å². The third kappa shape index (κ3) is 5.08. The second kappa shape index (κ2) is 10.1. The molecular formula is C22H28FN7OS. The fourth-order valence-corrected chi connectivity index (χ4v) is 4.66. The summed E-state index contributed by atoms with van der Waals surface area (Å²) >= 11 is 1.65. The van der Waals surface area contributed by atoms with Crippen molar-refractivity contribution in [3.63, 3.8) is 0 Å². The first kappa shape index (κ1) is 22.2. The molecule has 3 N–H and O–H groups in total. The molecule has 1 aliphatic rings. The van der Waals surface area contributed by atoms with Gasteiger partial charge in [0.1, 0.15) is 0 Å². The van der Waals surface area contributed by atoms with Crippen LogP contribution in [0.15, 0.2) is 35.7 Å². The summed E-state index contributed by atoms with van der Waals surface area (Å²) in [6, 6.07) is 9.22. The summed E-state index contributed by atoms with van der Waals surface area (Å²) < 4.78 is 19.7. The molecule has 3 aromatic rings. The summed E-state index contributed by atoms with van der Waals surface area (Å²) in [7, 11) is 1.45. The van der Waals surface area contributed by atoms with E-state index in [2.05, 4.69) is 32.1 Å². The number of methoxy groups -OCH3 is 1. The lowest BCUT2D eigenvalue weighted by atomic mass is 10.2. The molecule has 170 valence electrons. The smallest absolute Gasteiger partial charge is 0.236 e. The van der Waals surface area contributed by atoms with Crippen LogP contribution in [0, 0.1) is 5.82 Å². The Kier molecular flexibility index (Phi) is 7.01. The van der Waals surface area contributed by atoms with Crippen molar-refractivity contribution in [2.24, 2.45) is 0 Å². The Labute approximate surface area is 191 Å². The van der Waals surface area contributed by atoms with Gasteiger partial charge in [0.25, 0.3) is 0 Å². The van der Waals surface area contributed by atoms with Crippen molar-refractivity contribution in [1.82, 2.24) is 19.9 Å². The molecule has 4 rings (SSSR count). The molecule has 3 heterocycles. The molecule has 2 aromatic heterocycles. The van der Waals surface area contributed by atoms with Crippen molar-refractivity contribution in [3.05, 3.63) is 46.4 Å². The highest BCUT2D eigenvalue weighted by molar-refractivity contribution is 7.09. The molecule has 0 spiro atoms. The lowest BCUT2D eigenvalue weighted by molar-refractivity contribution is 0.271. The number of likely N-dealkylation sites (N-methyl/N-ethyl adjacent to an activating group) is 1. The van der Waals surface area contributed by atoms with Gasteiger partial charge in [-0.3, -0.25) is 4.90 Å². The zero-order valence-corrected chi connectivity index (χ0v) is 19.1. The minimum absolute atomic E-state index is 0.112. The average Bonchev–Trinajstić information content (AvgIpc) is 3.47. The fraction of sp³-hybridized carbons (Fsp3) is 0.409. The highest BCUT2D eigenvalue weighted by atomic mass is 32.1. The summed E-state index contributed by atoms with van der Waals surface area (Å²) in [5, 5.41) is 5.23. The van der Waals surface area contributed by atoms with Gasteiger partial charge in [0.2, 0.25) is 17.8 Å². The van der Waals surface area contributed by atoms with Gasteiger partial charge in [0.15, 0.2) is 11.6 Å². The van der Waals surface area contributed by atoms with E-state index < -0.39 is 5.82 Å². The maximum Gasteiger partial charge on any atom is 0.236 e. The molecule has 8 nitrogen and oxygen atoms in total. The predicted molar refractivity (Wildman–Crippen MR) is 126 cm³/mol. The Balaban J connectivity index is 1.66. The Bertz CT molecular complexity index is 1030. The first-order valence-electron chi connectivity index (χ1n) is 10.7. The number of nitrogen functional groups attached to an aromatic ring is 1. The number of hydrogen-bond donors (Lipinski definition) is 2. The van der Waals surface area contributed by atoms with Gasteiger partial charge in [-0.05, 0) is 49.5 Å². The molecule has 1 fully saturated rings. The number of rotatable bonds is 9. The first-order valence-corrected chi connectivity index (χ1v) is 11.6. The zero-order valence-electron chi connectivity index (χ0n) is 18.3. The van der Waals surface area contributed by atoms with Crippen LogP contribution in [0.1, 0.15) is 24.6 Å². The lowest BCUT2D eigenvalue weighted by Crippen LogP contribution is -2.39. The van der Waals surface area contributed by atoms with Crippen molar-refractivity contribution in [1.29, 1.82) is 0 Å². The Morgan fingerprint density at radius 2 is 2.19 bits per heavy atom. The minimum atomic E-state index is -0.438. The van der Waals surface area contributed by atoms with Crippen molar-refractivity contribution in [3.8, 4) is 5.75 Å². The van der Waals surface area contributed by atoms with E-state index in [1.807, 2.05) is 28.5 Å². The number of ether oxygens (including phenoxy) is 1. The third-order valence-corrected chi connectivity index (χ3v) is 6.51. The lowest BCUT2D eigenvalue weighted by Gasteiger charge is -2.30. The third-order valence-electron chi connectivity index (χ3n) is 5.63. The van der Waals surface area contributed by atoms with Gasteiger partial charge in [-0.1, -0.05) is 13.0 Å². The quantitative estimate of drug-likeness (QED) is 0.500. The molecule has 0 saturated carbocycles. The van der Waals surface area contributed by atoms with E-state index in [1.165, 1.54) is 13.2 Å². The van der Waals surface area contributed by atoms with E-state index in [1.54, 1.807) is 17.4 Å². The van der Waals surface area contributed by atoms with Crippen LogP contribution in [-0.2, 0) is 6.54 Å². The monoisotopic (exact) mass is 457 g/mol. The van der Waals surface area contributed by atoms with Crippen molar-refractivity contribution >= 4 is 34.9 Å². The topological polar surface area (TPSA) is 92.4 Å². The maximum atomic E-state index is 14.6. The molecule has 1 aliphatic heterocycles. The van der Waals surface area contributed by atoms with Gasteiger partial charge in [0, 0.05) is 29.2 Å². The van der Waals surface area contributed by atoms with Gasteiger partial charge in [0.05, 0.1) is 13.7 Å². The molecular weight excluding hydrogens is 429 g/mol. The van der Waals surface area contributed by atoms with Crippen molar-refractivity contribution < 1.29 is 9.13 Å². The molecule has 32 heavy (non-hydrogen) atoms. The summed E-state index contributed by atoms with van der Waals surface area (Å²) in [6.07, 6.45) is 2.20. The standard InChI is InChI=1S/C22H28FN7OS/c1-3-29-10-4-6-16(29)14-30(15-8-9-19(31-2)18(23)12-15)22-27-20(24)26-21(28-22)25-13-17-7-5-11-32-17/h5,7-9,11-12,16H,3-4,6,10,13-14H2,1-2H3,(H3,24,25,26,27,28). The number of benzene rings is 1. The molecule has 1 aromatic carbocycles. The van der Waals surface area contributed by atoms with E-state index in [0.717, 1.165) is 30.8 Å². The predicted octanol–water partition coefficient (Wildman–Crippen LogP) is 3.90. The molecule has 1 saturated heterocycles. The number of thiophene rings is 1. The van der Waals surface area contributed by atoms with E-state index in [9.17, 15) is 4.39 Å². The molecule has 0 bridgehead atoms. The van der Waals surface area contributed by atoms with E-state index >= 15 is 0 Å². The van der Waals surface area contributed by atoms with Gasteiger partial charge in [-0.15, -0.1) is 11.3 Å². The number of aromatic nitrogens is 3. The minimum Gasteiger partial charge on any atom is -0.494 e. The van der Waals surface area contributed by atoms with Crippen LogP contribution in [0.25, 0.3) is 0 Å². The van der Waals surface area contributed by atoms with Gasteiger partial charge in [-0.25, -0.2) is 4.39 Å². The fourth-order valence-electron chi connectivity index (χ4n) is 4.01. The number of nitrogens with zero attached hydrogens (tertiary/aromatic N) is 5. The van der Waals surface area contributed by atoms with Gasteiger partial charge < -0.3 is 20.7 Å². The van der Waals surface area contributed by atoms with Crippen molar-refractivity contribution in [2.75, 3.05) is 42.7 Å². The van der Waals surface area contributed by atoms with E-state index in [-0.39, 0.29) is 11.7 Å². The SMILES string of the molecule is CCN1CCCC1CN(c1ccc(OC)c(F)c1)c1nc(N)nc(NCc2cccs2)n1. The number of nitrogens with one attached hydrogen (secondary N) is 1. The molecule has 10 heteroatoms. The molecule has 0 radical (unpaired) electrons. The number of nitrogens with two attached hydrogens (primary N) is 1. The number of hydrogen-bond acceptors (Lipinski definition) is 9. The normalized spacial score (nSPS) is 16.3. The van der Waals surface area contributed by atoms with Crippen LogP contribution in [0.5, 0.6) is 5.75 Å². The number of halogens is 1. The Morgan fingerprint density at radius 3 is 2.91 bits per heavy atom. The van der Waals surface area contributed by atoms with Gasteiger partial charge >= 0.3 is 0 Å². The van der Waals surface area contributed by atoms with Crippen LogP contribution in [0.2, 0.25) is 0 Å². The van der Waals surface area contributed by atoms with Crippen LogP contribution in [-0.4, -0.2) is 52.6 Å². The van der Waals surface area contributed by atoms with Crippen molar-refractivity contribution in [2.45, 2.75) is 32.4 Å². The molecule has 1 atom stereocenters. The van der Waals surface area contributed by atoms with Gasteiger partial charge in [-0.2, -0.15) is 15.0 Å². The summed E-state index contributed by atoms with van der Waals surface area (Å²) in [4.78, 5) is 18.7. The zero-order chi connectivity index (χ0) is 22.5. The Hall–Kier alpha value is -2.98. The summed E-state index contributed by atoms with van der Waals surface area (Å²) in [6.45, 7) is 5.38. The highest BCUT2D eigenvalue weighted by Crippen LogP contribution is 2.30. The second-order valence-electron chi connectivity index (χ2n) is 7.60. The van der Waals surface area contributed by atoms with Crippen LogP contribution in [0.4, 0.5) is 27.9 Å². The van der Waals surface area contributed by atoms with Crippen LogP contribution < -0.4 is 20.7 Å². The Morgan fingerprint density at radius 1 is 1.31 bits per heavy atom.